The number of amides is 2. The molecule has 1 N–H and O–H groups in total. The molecule has 0 saturated heterocycles. The molecule has 186 valence electrons. The molecule has 0 bridgehead atoms. The van der Waals surface area contributed by atoms with Gasteiger partial charge in [-0.3, -0.25) is 14.6 Å². The summed E-state index contributed by atoms with van der Waals surface area (Å²) in [5, 5.41) is 3.05. The molecular weight excluding hydrogens is 469 g/mol. The molecule has 4 aromatic rings. The Bertz CT molecular complexity index is 1390. The Labute approximate surface area is 214 Å². The zero-order chi connectivity index (χ0) is 25.8. The third-order valence-corrected chi connectivity index (χ3v) is 6.63. The van der Waals surface area contributed by atoms with Gasteiger partial charge in [-0.15, -0.1) is 0 Å². The molecule has 6 nitrogen and oxygen atoms in total. The number of hydrogen-bond acceptors (Lipinski definition) is 4. The number of pyridine rings is 1. The highest BCUT2D eigenvalue weighted by molar-refractivity contribution is 6.01. The van der Waals surface area contributed by atoms with Crippen molar-refractivity contribution in [3.05, 3.63) is 131 Å². The van der Waals surface area contributed by atoms with E-state index >= 15 is 0 Å². The van der Waals surface area contributed by atoms with Gasteiger partial charge in [0.15, 0.2) is 0 Å². The van der Waals surface area contributed by atoms with Gasteiger partial charge in [-0.1, -0.05) is 48.5 Å². The van der Waals surface area contributed by atoms with Crippen LogP contribution in [0, 0.1) is 5.82 Å². The molecule has 0 spiro atoms. The summed E-state index contributed by atoms with van der Waals surface area (Å²) in [5.74, 6) is -0.724. The second kappa shape index (κ2) is 10.6. The zero-order valence-electron chi connectivity index (χ0n) is 20.3. The van der Waals surface area contributed by atoms with Crippen LogP contribution >= 0.6 is 0 Å². The minimum absolute atomic E-state index is 0.183. The number of aromatic nitrogens is 1. The minimum atomic E-state index is -0.667. The van der Waals surface area contributed by atoms with Gasteiger partial charge in [-0.05, 0) is 58.7 Å². The normalized spacial score (nSPS) is 16.7. The maximum atomic E-state index is 13.8. The van der Waals surface area contributed by atoms with Crippen molar-refractivity contribution in [2.75, 3.05) is 7.11 Å². The molecule has 2 heterocycles. The number of nitrogens with zero attached hydrogens (tertiary/aromatic N) is 2. The smallest absolute Gasteiger partial charge is 0.255 e. The quantitative estimate of drug-likeness (QED) is 0.391. The number of hydrogen-bond donors (Lipinski definition) is 1. The maximum absolute atomic E-state index is 13.8. The fraction of sp³-hybridized carbons (Fsp3) is 0.167. The van der Waals surface area contributed by atoms with Crippen molar-refractivity contribution in [2.45, 2.75) is 25.0 Å². The first-order chi connectivity index (χ1) is 18.0. The topological polar surface area (TPSA) is 71.5 Å². The van der Waals surface area contributed by atoms with Crippen LogP contribution in [0.2, 0.25) is 0 Å². The van der Waals surface area contributed by atoms with E-state index in [1.807, 2.05) is 48.5 Å². The first-order valence-corrected chi connectivity index (χ1v) is 12.0. The summed E-state index contributed by atoms with van der Waals surface area (Å²) >= 11 is 0. The Hall–Kier alpha value is -4.52. The highest BCUT2D eigenvalue weighted by Gasteiger charge is 2.44. The van der Waals surface area contributed by atoms with Crippen molar-refractivity contribution >= 4 is 11.8 Å². The lowest BCUT2D eigenvalue weighted by Crippen LogP contribution is -2.47. The van der Waals surface area contributed by atoms with Crippen molar-refractivity contribution in [2.24, 2.45) is 0 Å². The first-order valence-electron chi connectivity index (χ1n) is 12.0. The van der Waals surface area contributed by atoms with Crippen molar-refractivity contribution in [1.82, 2.24) is 15.2 Å². The predicted molar refractivity (Wildman–Crippen MR) is 137 cm³/mol. The van der Waals surface area contributed by atoms with Gasteiger partial charge < -0.3 is 15.0 Å². The van der Waals surface area contributed by atoms with Crippen LogP contribution in [0.3, 0.4) is 0 Å². The standard InChI is InChI=1S/C30H26FN3O3/c1-37-24-14-10-22(11-15-24)28-27(29(35)33-18-21-5-4-16-32-17-21)25-6-2-3-7-26(25)30(36)34(28)19-20-8-12-23(31)13-9-20/h2-17,27-28H,18-19H2,1H3,(H,33,35)/t27-,28-/m0/s1. The van der Waals surface area contributed by atoms with Gasteiger partial charge in [0.1, 0.15) is 11.6 Å². The number of rotatable bonds is 7. The highest BCUT2D eigenvalue weighted by Crippen LogP contribution is 2.44. The molecule has 0 radical (unpaired) electrons. The van der Waals surface area contributed by atoms with E-state index in [1.165, 1.54) is 12.1 Å². The summed E-state index contributed by atoms with van der Waals surface area (Å²) in [6.45, 7) is 0.531. The number of fused-ring (bicyclic) bond motifs is 1. The summed E-state index contributed by atoms with van der Waals surface area (Å²) in [5.41, 5.74) is 3.60. The maximum Gasteiger partial charge on any atom is 0.255 e. The van der Waals surface area contributed by atoms with Crippen LogP contribution in [-0.2, 0) is 17.9 Å². The molecule has 1 aromatic heterocycles. The Kier molecular flexibility index (Phi) is 6.94. The lowest BCUT2D eigenvalue weighted by atomic mass is 9.79. The summed E-state index contributed by atoms with van der Waals surface area (Å²) in [6.07, 6.45) is 3.39. The van der Waals surface area contributed by atoms with Crippen LogP contribution in [0.15, 0.2) is 97.3 Å². The summed E-state index contributed by atoms with van der Waals surface area (Å²) in [6, 6.07) is 23.8. The molecule has 1 aliphatic rings. The highest BCUT2D eigenvalue weighted by atomic mass is 19.1. The van der Waals surface area contributed by atoms with Crippen LogP contribution in [0.1, 0.15) is 44.6 Å². The summed E-state index contributed by atoms with van der Waals surface area (Å²) in [7, 11) is 1.59. The first kappa shape index (κ1) is 24.2. The SMILES string of the molecule is COc1ccc([C@H]2[C@@H](C(=O)NCc3cccnc3)c3ccccc3C(=O)N2Cc2ccc(F)cc2)cc1. The van der Waals surface area contributed by atoms with Crippen LogP contribution in [0.5, 0.6) is 5.75 Å². The molecular formula is C30H26FN3O3. The number of nitrogens with one attached hydrogen (secondary N) is 1. The van der Waals surface area contributed by atoms with E-state index in [4.69, 9.17) is 4.74 Å². The van der Waals surface area contributed by atoms with E-state index < -0.39 is 12.0 Å². The Morgan fingerprint density at radius 1 is 0.973 bits per heavy atom. The van der Waals surface area contributed by atoms with Gasteiger partial charge in [-0.2, -0.15) is 0 Å². The molecule has 1 aliphatic heterocycles. The molecule has 7 heteroatoms. The average molecular weight is 496 g/mol. The molecule has 0 saturated carbocycles. The lowest BCUT2D eigenvalue weighted by Gasteiger charge is -2.42. The molecule has 2 atom stereocenters. The van der Waals surface area contributed by atoms with Gasteiger partial charge in [0.2, 0.25) is 5.91 Å². The van der Waals surface area contributed by atoms with Crippen LogP contribution in [0.25, 0.3) is 0 Å². The monoisotopic (exact) mass is 495 g/mol. The van der Waals surface area contributed by atoms with Crippen LogP contribution in [-0.4, -0.2) is 28.8 Å². The number of benzene rings is 3. The van der Waals surface area contributed by atoms with E-state index in [2.05, 4.69) is 10.3 Å². The van der Waals surface area contributed by atoms with Gasteiger partial charge in [0.05, 0.1) is 19.1 Å². The second-order valence-electron chi connectivity index (χ2n) is 8.92. The molecule has 0 unspecified atom stereocenters. The molecule has 37 heavy (non-hydrogen) atoms. The van der Waals surface area contributed by atoms with Crippen molar-refractivity contribution < 1.29 is 18.7 Å². The van der Waals surface area contributed by atoms with Gasteiger partial charge >= 0.3 is 0 Å². The Morgan fingerprint density at radius 2 is 1.73 bits per heavy atom. The van der Waals surface area contributed by atoms with E-state index in [0.29, 0.717) is 23.4 Å². The zero-order valence-corrected chi connectivity index (χ0v) is 20.3. The number of halogens is 1. The molecule has 5 rings (SSSR count). The number of carbonyl (C=O) groups is 2. The van der Waals surface area contributed by atoms with Crippen LogP contribution in [0.4, 0.5) is 4.39 Å². The number of ether oxygens (including phenoxy) is 1. The molecule has 2 amide bonds. The van der Waals surface area contributed by atoms with Gasteiger partial charge in [0, 0.05) is 31.0 Å². The lowest BCUT2D eigenvalue weighted by molar-refractivity contribution is -0.124. The van der Waals surface area contributed by atoms with E-state index in [9.17, 15) is 14.0 Å². The van der Waals surface area contributed by atoms with Gasteiger partial charge in [-0.25, -0.2) is 4.39 Å². The average Bonchev–Trinajstić information content (AvgIpc) is 2.95. The second-order valence-corrected chi connectivity index (χ2v) is 8.92. The van der Waals surface area contributed by atoms with Crippen molar-refractivity contribution in [3.8, 4) is 5.75 Å². The van der Waals surface area contributed by atoms with E-state index in [-0.39, 0.29) is 24.2 Å². The number of carbonyl (C=O) groups excluding carboxylic acids is 2. The number of methoxy groups -OCH3 is 1. The summed E-state index contributed by atoms with van der Waals surface area (Å²) < 4.78 is 18.9. The largest absolute Gasteiger partial charge is 0.497 e. The van der Waals surface area contributed by atoms with Gasteiger partial charge in [0.25, 0.3) is 5.91 Å². The Balaban J connectivity index is 1.58. The minimum Gasteiger partial charge on any atom is -0.497 e. The predicted octanol–water partition coefficient (Wildman–Crippen LogP) is 5.03. The van der Waals surface area contributed by atoms with Crippen molar-refractivity contribution in [3.63, 3.8) is 0 Å². The Morgan fingerprint density at radius 3 is 2.43 bits per heavy atom. The fourth-order valence-corrected chi connectivity index (χ4v) is 4.81. The van der Waals surface area contributed by atoms with Crippen molar-refractivity contribution in [1.29, 1.82) is 0 Å². The molecule has 3 aromatic carbocycles. The van der Waals surface area contributed by atoms with E-state index in [1.54, 1.807) is 48.7 Å². The third kappa shape index (κ3) is 5.07. The molecule has 0 fully saturated rings. The fourth-order valence-electron chi connectivity index (χ4n) is 4.81. The van der Waals surface area contributed by atoms with E-state index in [0.717, 1.165) is 16.7 Å². The summed E-state index contributed by atoms with van der Waals surface area (Å²) in [4.78, 5) is 33.5. The third-order valence-electron chi connectivity index (χ3n) is 6.63. The van der Waals surface area contributed by atoms with Crippen LogP contribution < -0.4 is 10.1 Å². The molecule has 0 aliphatic carbocycles.